The molecule has 1 aromatic carbocycles. The van der Waals surface area contributed by atoms with Crippen molar-refractivity contribution in [1.82, 2.24) is 0 Å². The lowest BCUT2D eigenvalue weighted by atomic mass is 9.80. The van der Waals surface area contributed by atoms with E-state index >= 15 is 0 Å². The highest BCUT2D eigenvalue weighted by Crippen LogP contribution is 2.40. The highest BCUT2D eigenvalue weighted by molar-refractivity contribution is 5.84. The number of fused-ring (bicyclic) bond motifs is 1. The second-order valence-corrected chi connectivity index (χ2v) is 8.93. The highest BCUT2D eigenvalue weighted by atomic mass is 16.6. The van der Waals surface area contributed by atoms with E-state index in [-0.39, 0.29) is 6.61 Å². The fourth-order valence-corrected chi connectivity index (χ4v) is 4.76. The number of aryl methyl sites for hydroxylation is 1. The Hall–Kier alpha value is -2.17. The monoisotopic (exact) mass is 408 g/mol. The van der Waals surface area contributed by atoms with Crippen LogP contribution in [0.4, 0.5) is 0 Å². The van der Waals surface area contributed by atoms with Gasteiger partial charge in [0.05, 0.1) is 12.3 Å². The lowest BCUT2D eigenvalue weighted by Gasteiger charge is -2.26. The molecule has 0 bridgehead atoms. The maximum atomic E-state index is 9.55. The third-order valence-electron chi connectivity index (χ3n) is 6.76. The molecular weight excluding hydrogens is 372 g/mol. The van der Waals surface area contributed by atoms with Gasteiger partial charge in [-0.3, -0.25) is 0 Å². The van der Waals surface area contributed by atoms with Crippen molar-refractivity contribution in [2.75, 3.05) is 13.2 Å². The van der Waals surface area contributed by atoms with Crippen LogP contribution in [-0.4, -0.2) is 29.6 Å². The topological polar surface area (TPSA) is 67.8 Å². The molecule has 162 valence electrons. The Labute approximate surface area is 181 Å². The van der Waals surface area contributed by atoms with E-state index < -0.39 is 5.54 Å². The molecular formula is C26H36N2O2. The zero-order chi connectivity index (χ0) is 21.6. The van der Waals surface area contributed by atoms with Gasteiger partial charge in [0.15, 0.2) is 0 Å². The van der Waals surface area contributed by atoms with Crippen molar-refractivity contribution in [3.63, 3.8) is 0 Å². The molecule has 3 atom stereocenters. The van der Waals surface area contributed by atoms with Crippen molar-refractivity contribution >= 4 is 5.71 Å². The average Bonchev–Trinajstić information content (AvgIpc) is 3.17. The summed E-state index contributed by atoms with van der Waals surface area (Å²) in [6.07, 6.45) is 12.4. The summed E-state index contributed by atoms with van der Waals surface area (Å²) in [5.74, 6) is 0.904. The number of oxime groups is 1. The SMILES string of the molecule is C=C/C=C(\C=C)CCO/N=C(\C)[C@@H]1CCc2cc([C@H]3CC[C@](N)(CO)C3)ccc2C1. The normalized spacial score (nSPS) is 26.9. The van der Waals surface area contributed by atoms with Crippen molar-refractivity contribution in [2.24, 2.45) is 16.8 Å². The van der Waals surface area contributed by atoms with Gasteiger partial charge in [0.25, 0.3) is 0 Å². The minimum absolute atomic E-state index is 0.0796. The summed E-state index contributed by atoms with van der Waals surface area (Å²) in [6.45, 7) is 10.2. The van der Waals surface area contributed by atoms with Crippen molar-refractivity contribution in [3.05, 3.63) is 71.8 Å². The van der Waals surface area contributed by atoms with Gasteiger partial charge < -0.3 is 15.7 Å². The third-order valence-corrected chi connectivity index (χ3v) is 6.76. The molecule has 0 amide bonds. The number of benzene rings is 1. The summed E-state index contributed by atoms with van der Waals surface area (Å²) < 4.78 is 0. The molecule has 0 radical (unpaired) electrons. The Bertz CT molecular complexity index is 826. The van der Waals surface area contributed by atoms with Crippen LogP contribution in [-0.2, 0) is 17.7 Å². The standard InChI is InChI=1S/C26H36N2O2/c1-4-6-20(5-2)12-14-30-28-19(3)21-7-8-23-16-24(10-9-22(23)15-21)25-11-13-26(27,17-25)18-29/h4-6,9-10,16,21,25,29H,1-2,7-8,11-15,17-18,27H2,3H3/b20-6+,28-19+/t21-,25+,26-/m1/s1. The molecule has 0 spiro atoms. The minimum atomic E-state index is -0.396. The van der Waals surface area contributed by atoms with Crippen molar-refractivity contribution in [2.45, 2.75) is 63.3 Å². The molecule has 0 unspecified atom stereocenters. The van der Waals surface area contributed by atoms with Crippen LogP contribution in [0.15, 0.2) is 60.3 Å². The van der Waals surface area contributed by atoms with Crippen LogP contribution >= 0.6 is 0 Å². The molecule has 0 aromatic heterocycles. The van der Waals surface area contributed by atoms with Gasteiger partial charge in [0.1, 0.15) is 6.61 Å². The molecule has 0 aliphatic heterocycles. The Kier molecular flexibility index (Phi) is 7.68. The fourth-order valence-electron chi connectivity index (χ4n) is 4.76. The first kappa shape index (κ1) is 22.5. The summed E-state index contributed by atoms with van der Waals surface area (Å²) in [5.41, 5.74) is 12.3. The number of hydrogen-bond acceptors (Lipinski definition) is 4. The highest BCUT2D eigenvalue weighted by Gasteiger charge is 2.36. The molecule has 1 saturated carbocycles. The van der Waals surface area contributed by atoms with Crippen LogP contribution in [0, 0.1) is 5.92 Å². The van der Waals surface area contributed by atoms with Crippen LogP contribution in [0.5, 0.6) is 0 Å². The summed E-state index contributed by atoms with van der Waals surface area (Å²) in [6, 6.07) is 6.93. The van der Waals surface area contributed by atoms with E-state index in [2.05, 4.69) is 43.4 Å². The smallest absolute Gasteiger partial charge is 0.121 e. The van der Waals surface area contributed by atoms with Gasteiger partial charge in [-0.2, -0.15) is 0 Å². The number of aliphatic hydroxyl groups is 1. The molecule has 2 aliphatic carbocycles. The maximum absolute atomic E-state index is 9.55. The van der Waals surface area contributed by atoms with Crippen LogP contribution in [0.3, 0.4) is 0 Å². The van der Waals surface area contributed by atoms with Crippen molar-refractivity contribution in [3.8, 4) is 0 Å². The van der Waals surface area contributed by atoms with Gasteiger partial charge in [-0.1, -0.05) is 54.7 Å². The van der Waals surface area contributed by atoms with E-state index in [0.29, 0.717) is 18.4 Å². The van der Waals surface area contributed by atoms with E-state index in [1.54, 1.807) is 6.08 Å². The molecule has 30 heavy (non-hydrogen) atoms. The third kappa shape index (κ3) is 5.50. The fraction of sp³-hybridized carbons (Fsp3) is 0.500. The summed E-state index contributed by atoms with van der Waals surface area (Å²) in [7, 11) is 0. The average molecular weight is 409 g/mol. The predicted molar refractivity (Wildman–Crippen MR) is 125 cm³/mol. The van der Waals surface area contributed by atoms with Crippen LogP contribution < -0.4 is 5.73 Å². The van der Waals surface area contributed by atoms with E-state index in [0.717, 1.165) is 56.2 Å². The van der Waals surface area contributed by atoms with Crippen LogP contribution in [0.1, 0.15) is 61.6 Å². The quantitative estimate of drug-likeness (QED) is 0.266. The molecule has 4 heteroatoms. The van der Waals surface area contributed by atoms with Gasteiger partial charge in [0.2, 0.25) is 0 Å². The second kappa shape index (κ2) is 10.2. The van der Waals surface area contributed by atoms with Crippen LogP contribution in [0.2, 0.25) is 0 Å². The number of nitrogens with two attached hydrogens (primary N) is 1. The zero-order valence-electron chi connectivity index (χ0n) is 18.3. The summed E-state index contributed by atoms with van der Waals surface area (Å²) in [5, 5.41) is 13.9. The van der Waals surface area contributed by atoms with Gasteiger partial charge >= 0.3 is 0 Å². The number of aliphatic hydroxyl groups excluding tert-OH is 1. The van der Waals surface area contributed by atoms with Gasteiger partial charge in [0, 0.05) is 17.9 Å². The van der Waals surface area contributed by atoms with E-state index in [9.17, 15) is 5.11 Å². The first-order chi connectivity index (χ1) is 14.5. The van der Waals surface area contributed by atoms with Gasteiger partial charge in [-0.05, 0) is 73.6 Å². The Balaban J connectivity index is 1.56. The maximum Gasteiger partial charge on any atom is 0.121 e. The van der Waals surface area contributed by atoms with E-state index in [4.69, 9.17) is 10.6 Å². The Morgan fingerprint density at radius 1 is 1.33 bits per heavy atom. The summed E-state index contributed by atoms with van der Waals surface area (Å²) in [4.78, 5) is 5.56. The molecule has 3 rings (SSSR count). The second-order valence-electron chi connectivity index (χ2n) is 8.93. The molecule has 0 heterocycles. The number of hydrogen-bond donors (Lipinski definition) is 2. The summed E-state index contributed by atoms with van der Waals surface area (Å²) >= 11 is 0. The van der Waals surface area contributed by atoms with Gasteiger partial charge in [-0.25, -0.2) is 0 Å². The lowest BCUT2D eigenvalue weighted by molar-refractivity contribution is 0.146. The molecule has 1 aromatic rings. The Morgan fingerprint density at radius 3 is 2.87 bits per heavy atom. The van der Waals surface area contributed by atoms with Crippen molar-refractivity contribution < 1.29 is 9.94 Å². The largest absolute Gasteiger partial charge is 0.396 e. The Morgan fingerprint density at radius 2 is 2.17 bits per heavy atom. The molecule has 2 aliphatic rings. The van der Waals surface area contributed by atoms with E-state index in [1.807, 2.05) is 12.2 Å². The first-order valence-electron chi connectivity index (χ1n) is 11.1. The first-order valence-corrected chi connectivity index (χ1v) is 11.1. The minimum Gasteiger partial charge on any atom is -0.396 e. The zero-order valence-corrected chi connectivity index (χ0v) is 18.3. The van der Waals surface area contributed by atoms with E-state index in [1.165, 1.54) is 16.7 Å². The van der Waals surface area contributed by atoms with Crippen LogP contribution in [0.25, 0.3) is 0 Å². The molecule has 1 fully saturated rings. The number of rotatable bonds is 9. The number of nitrogens with zero attached hydrogens (tertiary/aromatic N) is 1. The predicted octanol–water partition coefficient (Wildman–Crippen LogP) is 4.83. The molecule has 3 N–H and O–H groups in total. The lowest BCUT2D eigenvalue weighted by Crippen LogP contribution is -2.40. The van der Waals surface area contributed by atoms with Crippen molar-refractivity contribution in [1.29, 1.82) is 0 Å². The van der Waals surface area contributed by atoms with Gasteiger partial charge in [-0.15, -0.1) is 0 Å². The molecule has 4 nitrogen and oxygen atoms in total. The number of allylic oxidation sites excluding steroid dienone is 3. The molecule has 0 saturated heterocycles.